The predicted molar refractivity (Wildman–Crippen MR) is 76.7 cm³/mol. The third-order valence-corrected chi connectivity index (χ3v) is 3.09. The molecule has 0 saturated carbocycles. The van der Waals surface area contributed by atoms with Gasteiger partial charge in [0.2, 0.25) is 0 Å². The minimum atomic E-state index is 0.0156. The summed E-state index contributed by atoms with van der Waals surface area (Å²) in [4.78, 5) is 14.2. The van der Waals surface area contributed by atoms with Crippen LogP contribution in [0.3, 0.4) is 0 Å². The Kier molecular flexibility index (Phi) is 4.44. The SMILES string of the molecule is Cc1cc(C)cc(C(=O)NCCCN2C=CNC2)c1. The fourth-order valence-corrected chi connectivity index (χ4v) is 2.23. The molecule has 4 nitrogen and oxygen atoms in total. The maximum absolute atomic E-state index is 12.0. The summed E-state index contributed by atoms with van der Waals surface area (Å²) in [6, 6.07) is 5.93. The molecule has 0 fully saturated rings. The fourth-order valence-electron chi connectivity index (χ4n) is 2.23. The van der Waals surface area contributed by atoms with E-state index in [0.717, 1.165) is 36.3 Å². The third kappa shape index (κ3) is 4.02. The van der Waals surface area contributed by atoms with Crippen LogP contribution in [0.15, 0.2) is 30.6 Å². The van der Waals surface area contributed by atoms with Crippen molar-refractivity contribution in [2.24, 2.45) is 0 Å². The Labute approximate surface area is 114 Å². The highest BCUT2D eigenvalue weighted by atomic mass is 16.1. The van der Waals surface area contributed by atoms with Crippen LogP contribution in [0, 0.1) is 13.8 Å². The first-order valence-corrected chi connectivity index (χ1v) is 6.66. The van der Waals surface area contributed by atoms with E-state index in [0.29, 0.717) is 6.54 Å². The van der Waals surface area contributed by atoms with Gasteiger partial charge in [0, 0.05) is 31.1 Å². The van der Waals surface area contributed by atoms with Gasteiger partial charge in [0.15, 0.2) is 0 Å². The average molecular weight is 259 g/mol. The van der Waals surface area contributed by atoms with Crippen LogP contribution in [-0.2, 0) is 0 Å². The number of nitrogens with zero attached hydrogens (tertiary/aromatic N) is 1. The number of hydrogen-bond donors (Lipinski definition) is 2. The van der Waals surface area contributed by atoms with Crippen molar-refractivity contribution in [1.82, 2.24) is 15.5 Å². The molecule has 2 rings (SSSR count). The van der Waals surface area contributed by atoms with Gasteiger partial charge in [-0.3, -0.25) is 4.79 Å². The zero-order valence-corrected chi connectivity index (χ0v) is 11.6. The molecule has 1 aromatic rings. The summed E-state index contributed by atoms with van der Waals surface area (Å²) < 4.78 is 0. The first kappa shape index (κ1) is 13.5. The van der Waals surface area contributed by atoms with E-state index in [-0.39, 0.29) is 5.91 Å². The highest BCUT2D eigenvalue weighted by Gasteiger charge is 2.07. The topological polar surface area (TPSA) is 44.4 Å². The first-order valence-electron chi connectivity index (χ1n) is 6.66. The summed E-state index contributed by atoms with van der Waals surface area (Å²) in [6.07, 6.45) is 4.92. The maximum atomic E-state index is 12.0. The summed E-state index contributed by atoms with van der Waals surface area (Å²) in [5, 5.41) is 6.09. The highest BCUT2D eigenvalue weighted by Crippen LogP contribution is 2.08. The summed E-state index contributed by atoms with van der Waals surface area (Å²) in [5.74, 6) is 0.0156. The van der Waals surface area contributed by atoms with E-state index in [9.17, 15) is 4.79 Å². The van der Waals surface area contributed by atoms with Gasteiger partial charge in [-0.1, -0.05) is 17.2 Å². The molecular formula is C15H21N3O. The average Bonchev–Trinajstić information content (AvgIpc) is 2.86. The van der Waals surface area contributed by atoms with Gasteiger partial charge >= 0.3 is 0 Å². The Morgan fingerprint density at radius 1 is 1.32 bits per heavy atom. The highest BCUT2D eigenvalue weighted by molar-refractivity contribution is 5.94. The number of nitrogens with one attached hydrogen (secondary N) is 2. The lowest BCUT2D eigenvalue weighted by Crippen LogP contribution is -2.28. The largest absolute Gasteiger partial charge is 0.373 e. The first-order chi connectivity index (χ1) is 9.15. The number of aryl methyl sites for hydroxylation is 2. The van der Waals surface area contributed by atoms with Gasteiger partial charge in [-0.05, 0) is 32.4 Å². The second-order valence-corrected chi connectivity index (χ2v) is 4.98. The maximum Gasteiger partial charge on any atom is 0.251 e. The predicted octanol–water partition coefficient (Wildman–Crippen LogP) is 1.76. The van der Waals surface area contributed by atoms with Gasteiger partial charge in [0.25, 0.3) is 5.91 Å². The lowest BCUT2D eigenvalue weighted by atomic mass is 10.1. The molecule has 0 spiro atoms. The minimum absolute atomic E-state index is 0.0156. The molecule has 19 heavy (non-hydrogen) atoms. The van der Waals surface area contributed by atoms with Gasteiger partial charge in [-0.25, -0.2) is 0 Å². The van der Waals surface area contributed by atoms with Crippen LogP contribution < -0.4 is 10.6 Å². The zero-order valence-electron chi connectivity index (χ0n) is 11.6. The summed E-state index contributed by atoms with van der Waals surface area (Å²) >= 11 is 0. The van der Waals surface area contributed by atoms with E-state index in [2.05, 4.69) is 21.6 Å². The normalized spacial score (nSPS) is 13.5. The van der Waals surface area contributed by atoms with E-state index < -0.39 is 0 Å². The van der Waals surface area contributed by atoms with Gasteiger partial charge in [-0.2, -0.15) is 0 Å². The number of hydrogen-bond acceptors (Lipinski definition) is 3. The number of carbonyl (C=O) groups is 1. The van der Waals surface area contributed by atoms with Crippen molar-refractivity contribution < 1.29 is 4.79 Å². The van der Waals surface area contributed by atoms with Crippen molar-refractivity contribution in [3.63, 3.8) is 0 Å². The van der Waals surface area contributed by atoms with Crippen molar-refractivity contribution in [1.29, 1.82) is 0 Å². The third-order valence-electron chi connectivity index (χ3n) is 3.09. The summed E-state index contributed by atoms with van der Waals surface area (Å²) in [6.45, 7) is 6.55. The molecule has 2 N–H and O–H groups in total. The molecule has 0 aliphatic carbocycles. The summed E-state index contributed by atoms with van der Waals surface area (Å²) in [7, 11) is 0. The second kappa shape index (κ2) is 6.27. The van der Waals surface area contributed by atoms with Crippen LogP contribution in [0.25, 0.3) is 0 Å². The van der Waals surface area contributed by atoms with E-state index in [1.54, 1.807) is 0 Å². The smallest absolute Gasteiger partial charge is 0.251 e. The molecule has 0 atom stereocenters. The number of carbonyl (C=O) groups excluding carboxylic acids is 1. The molecule has 0 bridgehead atoms. The van der Waals surface area contributed by atoms with E-state index >= 15 is 0 Å². The van der Waals surface area contributed by atoms with Crippen molar-refractivity contribution in [3.8, 4) is 0 Å². The van der Waals surface area contributed by atoms with Gasteiger partial charge < -0.3 is 15.5 Å². The Bertz CT molecular complexity index is 462. The molecule has 0 aromatic heterocycles. The standard InChI is InChI=1S/C15H21N3O/c1-12-8-13(2)10-14(9-12)15(19)17-4-3-6-18-7-5-16-11-18/h5,7-10,16H,3-4,6,11H2,1-2H3,(H,17,19). The van der Waals surface area contributed by atoms with Crippen LogP contribution >= 0.6 is 0 Å². The molecule has 102 valence electrons. The van der Waals surface area contributed by atoms with Gasteiger partial charge in [0.1, 0.15) is 0 Å². The van der Waals surface area contributed by atoms with Crippen LogP contribution in [0.4, 0.5) is 0 Å². The van der Waals surface area contributed by atoms with E-state index in [1.807, 2.05) is 38.4 Å². The molecule has 0 saturated heterocycles. The Morgan fingerprint density at radius 2 is 2.05 bits per heavy atom. The molecule has 1 aromatic carbocycles. The molecule has 1 heterocycles. The van der Waals surface area contributed by atoms with Gasteiger partial charge in [0.05, 0.1) is 6.67 Å². The molecule has 0 unspecified atom stereocenters. The molecule has 0 radical (unpaired) electrons. The van der Waals surface area contributed by atoms with Crippen LogP contribution in [0.1, 0.15) is 27.9 Å². The van der Waals surface area contributed by atoms with Crippen molar-refractivity contribution in [2.45, 2.75) is 20.3 Å². The number of amides is 1. The Morgan fingerprint density at radius 3 is 2.68 bits per heavy atom. The minimum Gasteiger partial charge on any atom is -0.373 e. The quantitative estimate of drug-likeness (QED) is 0.792. The fraction of sp³-hybridized carbons (Fsp3) is 0.400. The van der Waals surface area contributed by atoms with Gasteiger partial charge in [-0.15, -0.1) is 0 Å². The number of rotatable bonds is 5. The van der Waals surface area contributed by atoms with E-state index in [1.165, 1.54) is 0 Å². The molecule has 1 amide bonds. The van der Waals surface area contributed by atoms with Crippen LogP contribution in [-0.4, -0.2) is 30.6 Å². The Balaban J connectivity index is 1.75. The second-order valence-electron chi connectivity index (χ2n) is 4.98. The van der Waals surface area contributed by atoms with Crippen molar-refractivity contribution >= 4 is 5.91 Å². The molecule has 1 aliphatic heterocycles. The van der Waals surface area contributed by atoms with E-state index in [4.69, 9.17) is 0 Å². The number of benzene rings is 1. The van der Waals surface area contributed by atoms with Crippen molar-refractivity contribution in [3.05, 3.63) is 47.3 Å². The Hall–Kier alpha value is -1.97. The summed E-state index contributed by atoms with van der Waals surface area (Å²) in [5.41, 5.74) is 3.00. The molecule has 4 heteroatoms. The monoisotopic (exact) mass is 259 g/mol. The van der Waals surface area contributed by atoms with Crippen molar-refractivity contribution in [2.75, 3.05) is 19.8 Å². The lowest BCUT2D eigenvalue weighted by molar-refractivity contribution is 0.0952. The molecule has 1 aliphatic rings. The lowest BCUT2D eigenvalue weighted by Gasteiger charge is -2.14. The van der Waals surface area contributed by atoms with Crippen LogP contribution in [0.2, 0.25) is 0 Å². The zero-order chi connectivity index (χ0) is 13.7. The van der Waals surface area contributed by atoms with Crippen LogP contribution in [0.5, 0.6) is 0 Å². The molecular weight excluding hydrogens is 238 g/mol.